The second-order valence-corrected chi connectivity index (χ2v) is 8.40. The highest BCUT2D eigenvalue weighted by Gasteiger charge is 2.37. The normalized spacial score (nSPS) is 16.8. The van der Waals surface area contributed by atoms with Crippen LogP contribution in [-0.4, -0.2) is 62.6 Å². The highest BCUT2D eigenvalue weighted by molar-refractivity contribution is 7.80. The Labute approximate surface area is 172 Å². The molecule has 154 valence electrons. The largest absolute Gasteiger partial charge is 0.444 e. The molecule has 8 heteroatoms. The van der Waals surface area contributed by atoms with Crippen LogP contribution < -0.4 is 4.74 Å². The topological polar surface area (TPSA) is 72.0 Å². The average Bonchev–Trinajstić information content (AvgIpc) is 3.08. The molecule has 1 aromatic heterocycles. The van der Waals surface area contributed by atoms with Gasteiger partial charge in [-0.25, -0.2) is 9.78 Å². The molecule has 1 atom stereocenters. The first-order chi connectivity index (χ1) is 13.1. The fraction of sp³-hybridized carbons (Fsp3) is 0.600. The fourth-order valence-electron chi connectivity index (χ4n) is 2.93. The Kier molecular flexibility index (Phi) is 7.35. The molecule has 1 aliphatic heterocycles. The second kappa shape index (κ2) is 9.32. The summed E-state index contributed by atoms with van der Waals surface area (Å²) in [5.41, 5.74) is -0.602. The predicted octanol–water partition coefficient (Wildman–Crippen LogP) is 3.42. The molecular formula is C20H29N3O4S. The molecule has 1 fully saturated rings. The highest BCUT2D eigenvalue weighted by Crippen LogP contribution is 2.22. The summed E-state index contributed by atoms with van der Waals surface area (Å²) in [5.74, 6) is 0.297. The molecule has 0 saturated carbocycles. The summed E-state index contributed by atoms with van der Waals surface area (Å²) in [6, 6.07) is 4.73. The van der Waals surface area contributed by atoms with Crippen LogP contribution >= 0.6 is 12.2 Å². The summed E-state index contributed by atoms with van der Waals surface area (Å²) in [6.07, 6.45) is 2.55. The molecule has 7 nitrogen and oxygen atoms in total. The maximum atomic E-state index is 13.0. The Morgan fingerprint density at radius 3 is 2.64 bits per heavy atom. The van der Waals surface area contributed by atoms with Crippen LogP contribution in [0.15, 0.2) is 24.4 Å². The quantitative estimate of drug-likeness (QED) is 0.693. The molecule has 28 heavy (non-hydrogen) atoms. The smallest absolute Gasteiger partial charge is 0.410 e. The number of amides is 1. The molecule has 1 aliphatic rings. The zero-order valence-corrected chi connectivity index (χ0v) is 18.0. The van der Waals surface area contributed by atoms with Gasteiger partial charge in [0.05, 0.1) is 12.6 Å². The van der Waals surface area contributed by atoms with Gasteiger partial charge in [0, 0.05) is 24.8 Å². The molecule has 2 rings (SSSR count). The molecule has 0 unspecified atom stereocenters. The number of ether oxygens (including phenoxy) is 2. The molecule has 0 aliphatic carbocycles. The van der Waals surface area contributed by atoms with Crippen LogP contribution in [0.2, 0.25) is 0 Å². The average molecular weight is 408 g/mol. The van der Waals surface area contributed by atoms with E-state index < -0.39 is 17.7 Å². The van der Waals surface area contributed by atoms with Gasteiger partial charge in [-0.05, 0) is 65.7 Å². The van der Waals surface area contributed by atoms with E-state index in [0.717, 1.165) is 6.42 Å². The van der Waals surface area contributed by atoms with Gasteiger partial charge in [-0.3, -0.25) is 9.69 Å². The fourth-order valence-corrected chi connectivity index (χ4v) is 3.29. The van der Waals surface area contributed by atoms with Gasteiger partial charge < -0.3 is 14.4 Å². The van der Waals surface area contributed by atoms with Crippen LogP contribution in [0.25, 0.3) is 0 Å². The monoisotopic (exact) mass is 407 g/mol. The van der Waals surface area contributed by atoms with Gasteiger partial charge in [-0.1, -0.05) is 6.07 Å². The number of Topliss-reactive ketones (excluding diaryl/α,β-unsaturated/α-hetero) is 1. The minimum atomic E-state index is -0.602. The van der Waals surface area contributed by atoms with E-state index in [2.05, 4.69) is 4.98 Å². The third-order valence-corrected chi connectivity index (χ3v) is 4.58. The Bertz CT molecular complexity index is 703. The number of thiocarbonyl (C=S) groups is 1. The molecule has 0 spiro atoms. The highest BCUT2D eigenvalue weighted by atomic mass is 32.1. The van der Waals surface area contributed by atoms with Gasteiger partial charge >= 0.3 is 6.09 Å². The van der Waals surface area contributed by atoms with Crippen molar-refractivity contribution in [2.75, 3.05) is 13.1 Å². The van der Waals surface area contributed by atoms with Crippen molar-refractivity contribution in [3.8, 4) is 5.88 Å². The summed E-state index contributed by atoms with van der Waals surface area (Å²) in [7, 11) is 0. The summed E-state index contributed by atoms with van der Waals surface area (Å²) >= 11 is 5.39. The van der Waals surface area contributed by atoms with E-state index in [9.17, 15) is 9.59 Å². The van der Waals surface area contributed by atoms with Crippen molar-refractivity contribution in [2.24, 2.45) is 0 Å². The van der Waals surface area contributed by atoms with Gasteiger partial charge in [0.2, 0.25) is 5.88 Å². The summed E-state index contributed by atoms with van der Waals surface area (Å²) < 4.78 is 11.1. The van der Waals surface area contributed by atoms with Crippen molar-refractivity contribution in [1.29, 1.82) is 0 Å². The van der Waals surface area contributed by atoms with Gasteiger partial charge in [-0.15, -0.1) is 0 Å². The first-order valence-electron chi connectivity index (χ1n) is 9.50. The van der Waals surface area contributed by atoms with Crippen LogP contribution in [0.4, 0.5) is 4.79 Å². The lowest BCUT2D eigenvalue weighted by atomic mass is 10.1. The summed E-state index contributed by atoms with van der Waals surface area (Å²) in [4.78, 5) is 32.7. The maximum Gasteiger partial charge on any atom is 0.410 e. The molecule has 0 N–H and O–H groups in total. The van der Waals surface area contributed by atoms with Crippen LogP contribution in [0, 0.1) is 0 Å². The third kappa shape index (κ3) is 6.15. The molecule has 0 aromatic carbocycles. The third-order valence-electron chi connectivity index (χ3n) is 4.27. The minimum Gasteiger partial charge on any atom is -0.444 e. The Hall–Kier alpha value is -2.22. The van der Waals surface area contributed by atoms with Crippen molar-refractivity contribution in [3.63, 3.8) is 0 Å². The lowest BCUT2D eigenvalue weighted by molar-refractivity contribution is -0.124. The van der Waals surface area contributed by atoms with Crippen molar-refractivity contribution in [2.45, 2.75) is 65.1 Å². The number of carbonyl (C=O) groups excluding carboxylic acids is 2. The Morgan fingerprint density at radius 2 is 2.07 bits per heavy atom. The SMILES string of the molecule is CC(C)N(CC(=O)[C@@H]1CCCN1C(=O)OC(C)(C)C)C(=S)Oc1ccccn1. The molecular weight excluding hydrogens is 378 g/mol. The van der Waals surface area contributed by atoms with Crippen LogP contribution in [0.5, 0.6) is 5.88 Å². The number of hydrogen-bond donors (Lipinski definition) is 0. The van der Waals surface area contributed by atoms with E-state index in [1.807, 2.05) is 34.6 Å². The van der Waals surface area contributed by atoms with E-state index in [1.165, 1.54) is 4.90 Å². The van der Waals surface area contributed by atoms with Crippen molar-refractivity contribution in [3.05, 3.63) is 24.4 Å². The van der Waals surface area contributed by atoms with Gasteiger partial charge in [0.15, 0.2) is 5.78 Å². The molecule has 2 heterocycles. The first kappa shape index (κ1) is 22.1. The minimum absolute atomic E-state index is 0.0449. The molecule has 1 amide bonds. The van der Waals surface area contributed by atoms with Gasteiger partial charge in [-0.2, -0.15) is 0 Å². The number of pyridine rings is 1. The second-order valence-electron chi connectivity index (χ2n) is 8.06. The Balaban J connectivity index is 2.04. The van der Waals surface area contributed by atoms with E-state index in [0.29, 0.717) is 18.8 Å². The Morgan fingerprint density at radius 1 is 1.36 bits per heavy atom. The lowest BCUT2D eigenvalue weighted by Gasteiger charge is -2.31. The number of hydrogen-bond acceptors (Lipinski definition) is 6. The predicted molar refractivity (Wildman–Crippen MR) is 110 cm³/mol. The number of aromatic nitrogens is 1. The van der Waals surface area contributed by atoms with Crippen LogP contribution in [0.1, 0.15) is 47.5 Å². The number of carbonyl (C=O) groups is 2. The van der Waals surface area contributed by atoms with E-state index in [-0.39, 0.29) is 23.5 Å². The van der Waals surface area contributed by atoms with E-state index >= 15 is 0 Å². The molecule has 1 saturated heterocycles. The summed E-state index contributed by atoms with van der Waals surface area (Å²) in [5, 5.41) is 0.184. The molecule has 0 bridgehead atoms. The number of ketones is 1. The number of rotatable bonds is 5. The number of likely N-dealkylation sites (tertiary alicyclic amines) is 1. The molecule has 1 aromatic rings. The number of nitrogens with zero attached hydrogens (tertiary/aromatic N) is 3. The zero-order valence-electron chi connectivity index (χ0n) is 17.2. The molecule has 0 radical (unpaired) electrons. The first-order valence-corrected chi connectivity index (χ1v) is 9.91. The van der Waals surface area contributed by atoms with Crippen molar-refractivity contribution in [1.82, 2.24) is 14.8 Å². The van der Waals surface area contributed by atoms with Crippen LogP contribution in [0.3, 0.4) is 0 Å². The van der Waals surface area contributed by atoms with E-state index in [4.69, 9.17) is 21.7 Å². The van der Waals surface area contributed by atoms with Gasteiger partial charge in [0.1, 0.15) is 5.60 Å². The van der Waals surface area contributed by atoms with Crippen molar-refractivity contribution >= 4 is 29.3 Å². The lowest BCUT2D eigenvalue weighted by Crippen LogP contribution is -2.49. The maximum absolute atomic E-state index is 13.0. The van der Waals surface area contributed by atoms with Gasteiger partial charge in [0.25, 0.3) is 5.17 Å². The van der Waals surface area contributed by atoms with Crippen molar-refractivity contribution < 1.29 is 19.1 Å². The van der Waals surface area contributed by atoms with Crippen LogP contribution in [-0.2, 0) is 9.53 Å². The van der Waals surface area contributed by atoms with E-state index in [1.54, 1.807) is 29.3 Å². The summed E-state index contributed by atoms with van der Waals surface area (Å²) in [6.45, 7) is 9.88. The standard InChI is InChI=1S/C20H29N3O4S/c1-14(2)23(19(28)26-17-10-6-7-11-21-17)13-16(24)15-9-8-12-22(15)18(25)27-20(3,4)5/h6-7,10-11,14-15H,8-9,12-13H2,1-5H3/t15-/m0/s1. The zero-order chi connectivity index (χ0) is 20.9.